The van der Waals surface area contributed by atoms with Gasteiger partial charge in [-0.05, 0) is 31.5 Å². The molecule has 0 aliphatic carbocycles. The lowest BCUT2D eigenvalue weighted by molar-refractivity contribution is -0.116. The number of thiazole rings is 1. The second-order valence-electron chi connectivity index (χ2n) is 7.48. The molecule has 1 fully saturated rings. The van der Waals surface area contributed by atoms with Crippen molar-refractivity contribution in [2.75, 3.05) is 45.2 Å². The molecule has 31 heavy (non-hydrogen) atoms. The molecule has 1 saturated heterocycles. The van der Waals surface area contributed by atoms with Crippen molar-refractivity contribution in [1.82, 2.24) is 20.5 Å². The van der Waals surface area contributed by atoms with Crippen molar-refractivity contribution in [2.45, 2.75) is 33.4 Å². The predicted octanol–water partition coefficient (Wildman–Crippen LogP) is 2.29. The number of amides is 1. The molecule has 0 radical (unpaired) electrons. The second kappa shape index (κ2) is 11.8. The molecule has 1 aliphatic heterocycles. The van der Waals surface area contributed by atoms with Crippen LogP contribution in [-0.4, -0.2) is 61.6 Å². The molecule has 168 valence electrons. The van der Waals surface area contributed by atoms with Gasteiger partial charge in [-0.15, -0.1) is 11.3 Å². The molecule has 2 aromatic rings. The van der Waals surface area contributed by atoms with Gasteiger partial charge in [-0.1, -0.05) is 12.1 Å². The van der Waals surface area contributed by atoms with E-state index in [1.165, 1.54) is 4.88 Å². The van der Waals surface area contributed by atoms with E-state index in [1.54, 1.807) is 18.4 Å². The zero-order valence-corrected chi connectivity index (χ0v) is 19.3. The van der Waals surface area contributed by atoms with Gasteiger partial charge < -0.3 is 20.7 Å². The van der Waals surface area contributed by atoms with Crippen LogP contribution in [0.1, 0.15) is 27.6 Å². The molecule has 0 spiro atoms. The molecule has 8 nitrogen and oxygen atoms in total. The summed E-state index contributed by atoms with van der Waals surface area (Å²) in [5, 5.41) is 10.6. The van der Waals surface area contributed by atoms with Crippen LogP contribution in [0, 0.1) is 13.8 Å². The second-order valence-corrected chi connectivity index (χ2v) is 8.77. The van der Waals surface area contributed by atoms with Gasteiger partial charge in [0.05, 0.1) is 25.5 Å². The Labute approximate surface area is 188 Å². The molecule has 0 unspecified atom stereocenters. The average molecular weight is 445 g/mol. The first kappa shape index (κ1) is 23.2. The molecule has 0 bridgehead atoms. The summed E-state index contributed by atoms with van der Waals surface area (Å²) in [6.07, 6.45) is 0.481. The summed E-state index contributed by atoms with van der Waals surface area (Å²) in [7, 11) is 1.75. The van der Waals surface area contributed by atoms with Crippen LogP contribution in [0.4, 0.5) is 5.69 Å². The van der Waals surface area contributed by atoms with Crippen molar-refractivity contribution >= 4 is 28.9 Å². The lowest BCUT2D eigenvalue weighted by atomic mass is 10.2. The van der Waals surface area contributed by atoms with Gasteiger partial charge in [-0.2, -0.15) is 0 Å². The lowest BCUT2D eigenvalue weighted by Crippen LogP contribution is -2.38. The Kier molecular flexibility index (Phi) is 8.81. The fourth-order valence-electron chi connectivity index (χ4n) is 3.25. The highest BCUT2D eigenvalue weighted by atomic mass is 32.1. The Morgan fingerprint density at radius 1 is 1.23 bits per heavy atom. The van der Waals surface area contributed by atoms with Gasteiger partial charge in [0.25, 0.3) is 0 Å². The standard InChI is InChI=1S/C22H32N6O2S/c1-16-17(2)31-21(26-16)15-25-22(23-3)24-14-18-5-4-6-19(13-18)27-20(29)7-8-28-9-11-30-12-10-28/h4-6,13H,7-12,14-15H2,1-3H3,(H,27,29)(H2,23,24,25). The largest absolute Gasteiger partial charge is 0.379 e. The maximum absolute atomic E-state index is 12.3. The van der Waals surface area contributed by atoms with Crippen molar-refractivity contribution in [2.24, 2.45) is 4.99 Å². The van der Waals surface area contributed by atoms with Crippen LogP contribution in [0.5, 0.6) is 0 Å². The molecule has 1 aromatic carbocycles. The van der Waals surface area contributed by atoms with Crippen molar-refractivity contribution in [1.29, 1.82) is 0 Å². The Morgan fingerprint density at radius 3 is 2.71 bits per heavy atom. The zero-order chi connectivity index (χ0) is 22.1. The molecular formula is C22H32N6O2S. The monoisotopic (exact) mass is 444 g/mol. The van der Waals surface area contributed by atoms with Crippen molar-refractivity contribution in [3.63, 3.8) is 0 Å². The maximum atomic E-state index is 12.3. The number of morpholine rings is 1. The number of nitrogens with one attached hydrogen (secondary N) is 3. The molecule has 3 N–H and O–H groups in total. The van der Waals surface area contributed by atoms with E-state index in [0.717, 1.165) is 54.8 Å². The third-order valence-corrected chi connectivity index (χ3v) is 6.21. The fourth-order valence-corrected chi connectivity index (χ4v) is 4.12. The summed E-state index contributed by atoms with van der Waals surface area (Å²) in [6.45, 7) is 9.39. The van der Waals surface area contributed by atoms with Gasteiger partial charge in [0.15, 0.2) is 5.96 Å². The topological polar surface area (TPSA) is 90.9 Å². The number of guanidine groups is 1. The predicted molar refractivity (Wildman–Crippen MR) is 126 cm³/mol. The number of aliphatic imine (C=N–C) groups is 1. The third-order valence-electron chi connectivity index (χ3n) is 5.13. The molecule has 0 saturated carbocycles. The van der Waals surface area contributed by atoms with E-state index in [2.05, 4.69) is 37.8 Å². The fraction of sp³-hybridized carbons (Fsp3) is 0.500. The maximum Gasteiger partial charge on any atom is 0.225 e. The van der Waals surface area contributed by atoms with Gasteiger partial charge in [-0.3, -0.25) is 14.7 Å². The van der Waals surface area contributed by atoms with Crippen molar-refractivity contribution in [3.8, 4) is 0 Å². The van der Waals surface area contributed by atoms with E-state index in [1.807, 2.05) is 31.2 Å². The first-order valence-corrected chi connectivity index (χ1v) is 11.4. The highest BCUT2D eigenvalue weighted by Crippen LogP contribution is 2.16. The molecule has 1 aromatic heterocycles. The first-order chi connectivity index (χ1) is 15.0. The average Bonchev–Trinajstić information content (AvgIpc) is 3.10. The highest BCUT2D eigenvalue weighted by Gasteiger charge is 2.12. The number of ether oxygens (including phenoxy) is 1. The molecular weight excluding hydrogens is 412 g/mol. The summed E-state index contributed by atoms with van der Waals surface area (Å²) >= 11 is 1.70. The van der Waals surface area contributed by atoms with Gasteiger partial charge in [0.1, 0.15) is 5.01 Å². The molecule has 0 atom stereocenters. The Balaban J connectivity index is 1.43. The number of carbonyl (C=O) groups excluding carboxylic acids is 1. The minimum Gasteiger partial charge on any atom is -0.379 e. The number of benzene rings is 1. The Bertz CT molecular complexity index is 872. The lowest BCUT2D eigenvalue weighted by Gasteiger charge is -2.26. The van der Waals surface area contributed by atoms with Crippen LogP contribution < -0.4 is 16.0 Å². The summed E-state index contributed by atoms with van der Waals surface area (Å²) in [4.78, 5) is 24.6. The van der Waals surface area contributed by atoms with Crippen molar-refractivity contribution < 1.29 is 9.53 Å². The van der Waals surface area contributed by atoms with Crippen LogP contribution in [0.3, 0.4) is 0 Å². The molecule has 2 heterocycles. The summed E-state index contributed by atoms with van der Waals surface area (Å²) in [5.41, 5.74) is 2.95. The van der Waals surface area contributed by atoms with Crippen LogP contribution in [-0.2, 0) is 22.6 Å². The SMILES string of the molecule is CN=C(NCc1cccc(NC(=O)CCN2CCOCC2)c1)NCc1nc(C)c(C)s1. The smallest absolute Gasteiger partial charge is 0.225 e. The summed E-state index contributed by atoms with van der Waals surface area (Å²) < 4.78 is 5.34. The Morgan fingerprint density at radius 2 is 2.00 bits per heavy atom. The van der Waals surface area contributed by atoms with Crippen molar-refractivity contribution in [3.05, 3.63) is 45.4 Å². The molecule has 1 amide bonds. The number of rotatable bonds is 8. The molecule has 9 heteroatoms. The minimum atomic E-state index is 0.0307. The number of hydrogen-bond acceptors (Lipinski definition) is 6. The molecule has 1 aliphatic rings. The van der Waals surface area contributed by atoms with E-state index < -0.39 is 0 Å². The van der Waals surface area contributed by atoms with E-state index in [-0.39, 0.29) is 5.91 Å². The quantitative estimate of drug-likeness (QED) is 0.428. The number of carbonyl (C=O) groups is 1. The summed E-state index contributed by atoms with van der Waals surface area (Å²) in [6, 6.07) is 7.87. The van der Waals surface area contributed by atoms with Gasteiger partial charge >= 0.3 is 0 Å². The zero-order valence-electron chi connectivity index (χ0n) is 18.5. The van der Waals surface area contributed by atoms with E-state index in [4.69, 9.17) is 4.74 Å². The van der Waals surface area contributed by atoms with E-state index in [0.29, 0.717) is 25.5 Å². The van der Waals surface area contributed by atoms with Gasteiger partial charge in [-0.25, -0.2) is 4.98 Å². The minimum absolute atomic E-state index is 0.0307. The number of hydrogen-bond donors (Lipinski definition) is 3. The van der Waals surface area contributed by atoms with E-state index >= 15 is 0 Å². The number of nitrogens with zero attached hydrogens (tertiary/aromatic N) is 3. The first-order valence-electron chi connectivity index (χ1n) is 10.6. The number of anilines is 1. The number of aromatic nitrogens is 1. The van der Waals surface area contributed by atoms with Crippen LogP contribution in [0.25, 0.3) is 0 Å². The number of aryl methyl sites for hydroxylation is 2. The van der Waals surface area contributed by atoms with Crippen LogP contribution in [0.2, 0.25) is 0 Å². The molecule has 3 rings (SSSR count). The van der Waals surface area contributed by atoms with E-state index in [9.17, 15) is 4.79 Å². The normalized spacial score (nSPS) is 15.0. The van der Waals surface area contributed by atoms with Gasteiger partial charge in [0, 0.05) is 50.2 Å². The van der Waals surface area contributed by atoms with Gasteiger partial charge in [0.2, 0.25) is 5.91 Å². The Hall–Kier alpha value is -2.49. The third kappa shape index (κ3) is 7.61. The van der Waals surface area contributed by atoms with Crippen LogP contribution in [0.15, 0.2) is 29.3 Å². The van der Waals surface area contributed by atoms with Crippen LogP contribution >= 0.6 is 11.3 Å². The summed E-state index contributed by atoms with van der Waals surface area (Å²) in [5.74, 6) is 0.744. The highest BCUT2D eigenvalue weighted by molar-refractivity contribution is 7.11.